The predicted molar refractivity (Wildman–Crippen MR) is 89.4 cm³/mol. The average Bonchev–Trinajstić information content (AvgIpc) is 2.45. The second-order valence-electron chi connectivity index (χ2n) is 6.23. The second-order valence-corrected chi connectivity index (χ2v) is 6.23. The number of allylic oxidation sites excluding steroid dienone is 1. The summed E-state index contributed by atoms with van der Waals surface area (Å²) in [7, 11) is 1.88. The Morgan fingerprint density at radius 2 is 2.09 bits per heavy atom. The molecule has 0 heterocycles. The van der Waals surface area contributed by atoms with Crippen LogP contribution in [0, 0.1) is 28.6 Å². The van der Waals surface area contributed by atoms with E-state index in [1.165, 1.54) is 0 Å². The highest BCUT2D eigenvalue weighted by atomic mass is 16.1. The summed E-state index contributed by atoms with van der Waals surface area (Å²) < 4.78 is 0. The molecule has 0 atom stereocenters. The standard InChI is InChI=1S/C19H22N2O/c1-19(2,3)11-6-5-7-12-21(4)15-18(22)17-10-8-9-16(13-17)14-20/h5,7-10,13H,12,15H2,1-4H3. The van der Waals surface area contributed by atoms with Crippen molar-refractivity contribution in [2.24, 2.45) is 5.41 Å². The van der Waals surface area contributed by atoms with E-state index >= 15 is 0 Å². The van der Waals surface area contributed by atoms with Crippen molar-refractivity contribution < 1.29 is 4.79 Å². The van der Waals surface area contributed by atoms with Gasteiger partial charge < -0.3 is 0 Å². The molecule has 114 valence electrons. The van der Waals surface area contributed by atoms with E-state index in [4.69, 9.17) is 5.26 Å². The Morgan fingerprint density at radius 3 is 2.73 bits per heavy atom. The van der Waals surface area contributed by atoms with E-state index < -0.39 is 0 Å². The minimum Gasteiger partial charge on any atom is -0.295 e. The first-order valence-corrected chi connectivity index (χ1v) is 7.21. The summed E-state index contributed by atoms with van der Waals surface area (Å²) in [6.07, 6.45) is 3.76. The molecule has 22 heavy (non-hydrogen) atoms. The van der Waals surface area contributed by atoms with Crippen molar-refractivity contribution in [1.29, 1.82) is 5.26 Å². The van der Waals surface area contributed by atoms with Crippen molar-refractivity contribution in [1.82, 2.24) is 4.90 Å². The van der Waals surface area contributed by atoms with Crippen LogP contribution in [0.25, 0.3) is 0 Å². The topological polar surface area (TPSA) is 44.1 Å². The molecule has 0 saturated carbocycles. The number of nitrogens with zero attached hydrogens (tertiary/aromatic N) is 2. The third-order valence-corrected chi connectivity index (χ3v) is 2.79. The number of Topliss-reactive ketones (excluding diaryl/α,β-unsaturated/α-hetero) is 1. The fraction of sp³-hybridized carbons (Fsp3) is 0.368. The van der Waals surface area contributed by atoms with Gasteiger partial charge in [0.1, 0.15) is 0 Å². The number of rotatable bonds is 5. The molecule has 0 amide bonds. The molecule has 3 heteroatoms. The van der Waals surface area contributed by atoms with Crippen LogP contribution in [-0.2, 0) is 0 Å². The molecule has 0 saturated heterocycles. The van der Waals surface area contributed by atoms with Crippen molar-refractivity contribution in [3.63, 3.8) is 0 Å². The lowest BCUT2D eigenvalue weighted by atomic mass is 9.98. The zero-order valence-corrected chi connectivity index (χ0v) is 13.7. The minimum absolute atomic E-state index is 0.00202. The number of hydrogen-bond donors (Lipinski definition) is 0. The third-order valence-electron chi connectivity index (χ3n) is 2.79. The van der Waals surface area contributed by atoms with Crippen molar-refractivity contribution in [3.05, 3.63) is 47.5 Å². The molecule has 0 radical (unpaired) electrons. The van der Waals surface area contributed by atoms with Crippen molar-refractivity contribution in [3.8, 4) is 17.9 Å². The fourth-order valence-corrected chi connectivity index (χ4v) is 1.71. The van der Waals surface area contributed by atoms with E-state index in [2.05, 4.69) is 32.6 Å². The SMILES string of the molecule is CN(CC=CC#CC(C)(C)C)CC(=O)c1cccc(C#N)c1. The van der Waals surface area contributed by atoms with E-state index in [0.717, 1.165) is 0 Å². The van der Waals surface area contributed by atoms with Gasteiger partial charge in [0, 0.05) is 17.5 Å². The van der Waals surface area contributed by atoms with Crippen molar-refractivity contribution in [2.75, 3.05) is 20.1 Å². The van der Waals surface area contributed by atoms with Crippen LogP contribution < -0.4 is 0 Å². The van der Waals surface area contributed by atoms with E-state index in [1.807, 2.05) is 30.2 Å². The lowest BCUT2D eigenvalue weighted by Crippen LogP contribution is -2.26. The van der Waals surface area contributed by atoms with Crippen LogP contribution in [0.2, 0.25) is 0 Å². The van der Waals surface area contributed by atoms with Crippen molar-refractivity contribution in [2.45, 2.75) is 20.8 Å². The highest BCUT2D eigenvalue weighted by Gasteiger charge is 2.09. The number of likely N-dealkylation sites (N-methyl/N-ethyl adjacent to an activating group) is 1. The van der Waals surface area contributed by atoms with Crippen LogP contribution >= 0.6 is 0 Å². The molecular formula is C19H22N2O. The second kappa shape index (κ2) is 8.17. The number of ketones is 1. The molecule has 0 aliphatic carbocycles. The number of benzene rings is 1. The summed E-state index contributed by atoms with van der Waals surface area (Å²) in [6, 6.07) is 8.83. The minimum atomic E-state index is -0.00202. The molecule has 0 unspecified atom stereocenters. The van der Waals surface area contributed by atoms with E-state index in [1.54, 1.807) is 24.3 Å². The molecule has 0 fully saturated rings. The van der Waals surface area contributed by atoms with Crippen LogP contribution in [0.1, 0.15) is 36.7 Å². The summed E-state index contributed by atoms with van der Waals surface area (Å²) in [6.45, 7) is 7.16. The van der Waals surface area contributed by atoms with Gasteiger partial charge in [-0.25, -0.2) is 0 Å². The molecule has 0 aliphatic rings. The zero-order valence-electron chi connectivity index (χ0n) is 13.7. The Hall–Kier alpha value is -2.36. The van der Waals surface area contributed by atoms with Gasteiger partial charge >= 0.3 is 0 Å². The zero-order chi connectivity index (χ0) is 16.6. The van der Waals surface area contributed by atoms with Crippen LogP contribution in [0.5, 0.6) is 0 Å². The van der Waals surface area contributed by atoms with Crippen LogP contribution in [-0.4, -0.2) is 30.8 Å². The van der Waals surface area contributed by atoms with Crippen LogP contribution in [0.4, 0.5) is 0 Å². The summed E-state index contributed by atoms with van der Waals surface area (Å²) in [5, 5.41) is 8.86. The number of hydrogen-bond acceptors (Lipinski definition) is 3. The van der Waals surface area contributed by atoms with Gasteiger partial charge in [-0.15, -0.1) is 0 Å². The van der Waals surface area contributed by atoms with Gasteiger partial charge in [0.15, 0.2) is 5.78 Å². The summed E-state index contributed by atoms with van der Waals surface area (Å²) in [5.41, 5.74) is 1.08. The molecule has 0 aromatic heterocycles. The largest absolute Gasteiger partial charge is 0.295 e. The number of carbonyl (C=O) groups is 1. The van der Waals surface area contributed by atoms with Gasteiger partial charge in [0.2, 0.25) is 0 Å². The maximum absolute atomic E-state index is 12.1. The monoisotopic (exact) mass is 294 g/mol. The maximum atomic E-state index is 12.1. The van der Waals surface area contributed by atoms with Gasteiger partial charge in [-0.1, -0.05) is 30.0 Å². The number of nitriles is 1. The van der Waals surface area contributed by atoms with E-state index in [0.29, 0.717) is 24.2 Å². The lowest BCUT2D eigenvalue weighted by molar-refractivity contribution is 0.0952. The Morgan fingerprint density at radius 1 is 1.36 bits per heavy atom. The molecule has 3 nitrogen and oxygen atoms in total. The maximum Gasteiger partial charge on any atom is 0.176 e. The predicted octanol–water partition coefficient (Wildman–Crippen LogP) is 3.28. The Kier molecular flexibility index (Phi) is 6.57. The smallest absolute Gasteiger partial charge is 0.176 e. The molecule has 0 spiro atoms. The van der Waals surface area contributed by atoms with Crippen molar-refractivity contribution >= 4 is 5.78 Å². The fourth-order valence-electron chi connectivity index (χ4n) is 1.71. The molecule has 1 aromatic rings. The van der Waals surface area contributed by atoms with Gasteiger partial charge in [-0.3, -0.25) is 9.69 Å². The number of carbonyl (C=O) groups excluding carboxylic acids is 1. The lowest BCUT2D eigenvalue weighted by Gasteiger charge is -2.13. The molecule has 1 aromatic carbocycles. The first kappa shape index (κ1) is 17.7. The summed E-state index contributed by atoms with van der Waals surface area (Å²) >= 11 is 0. The first-order valence-electron chi connectivity index (χ1n) is 7.21. The van der Waals surface area contributed by atoms with Gasteiger partial charge in [-0.05, 0) is 46.0 Å². The van der Waals surface area contributed by atoms with Crippen LogP contribution in [0.15, 0.2) is 36.4 Å². The Balaban J connectivity index is 2.52. The summed E-state index contributed by atoms with van der Waals surface area (Å²) in [5.74, 6) is 6.13. The van der Waals surface area contributed by atoms with E-state index in [-0.39, 0.29) is 11.2 Å². The summed E-state index contributed by atoms with van der Waals surface area (Å²) in [4.78, 5) is 14.1. The quantitative estimate of drug-likeness (QED) is 0.618. The molecule has 0 aliphatic heterocycles. The first-order chi connectivity index (χ1) is 10.3. The van der Waals surface area contributed by atoms with E-state index in [9.17, 15) is 4.79 Å². The molecule has 0 N–H and O–H groups in total. The Bertz CT molecular complexity index is 648. The van der Waals surface area contributed by atoms with Gasteiger partial charge in [0.05, 0.1) is 18.2 Å². The highest BCUT2D eigenvalue weighted by Crippen LogP contribution is 2.09. The normalized spacial score (nSPS) is 11.1. The molecule has 0 bridgehead atoms. The van der Waals surface area contributed by atoms with Gasteiger partial charge in [-0.2, -0.15) is 5.26 Å². The Labute approximate surface area is 133 Å². The van der Waals surface area contributed by atoms with Crippen LogP contribution in [0.3, 0.4) is 0 Å². The average molecular weight is 294 g/mol. The molecular weight excluding hydrogens is 272 g/mol. The van der Waals surface area contributed by atoms with Gasteiger partial charge in [0.25, 0.3) is 0 Å². The third kappa shape index (κ3) is 6.88. The highest BCUT2D eigenvalue weighted by molar-refractivity contribution is 5.97. The molecule has 1 rings (SSSR count).